The van der Waals surface area contributed by atoms with E-state index in [1.165, 1.54) is 0 Å². The molecule has 0 spiro atoms. The van der Waals surface area contributed by atoms with Crippen molar-refractivity contribution >= 4 is 16.7 Å². The van der Waals surface area contributed by atoms with E-state index in [0.29, 0.717) is 17.1 Å². The highest BCUT2D eigenvalue weighted by molar-refractivity contribution is 6.03. The molecule has 0 fully saturated rings. The zero-order chi connectivity index (χ0) is 14.8. The summed E-state index contributed by atoms with van der Waals surface area (Å²) in [6.07, 6.45) is 0. The normalized spacial score (nSPS) is 11.8. The van der Waals surface area contributed by atoms with E-state index in [4.69, 9.17) is 11.7 Å². The summed E-state index contributed by atoms with van der Waals surface area (Å²) in [5.74, 6) is 11.2. The first kappa shape index (κ1) is 12.9. The fourth-order valence-electron chi connectivity index (χ4n) is 2.24. The number of hydrazone groups is 1. The number of hydrogen-bond donors (Lipinski definition) is 5. The average Bonchev–Trinajstić information content (AvgIpc) is 2.92. The van der Waals surface area contributed by atoms with Crippen molar-refractivity contribution in [2.24, 2.45) is 16.8 Å². The molecule has 7 nitrogen and oxygen atoms in total. The van der Waals surface area contributed by atoms with Gasteiger partial charge in [-0.15, -0.1) is 0 Å². The molecule has 0 bridgehead atoms. The maximum Gasteiger partial charge on any atom is 0.166 e. The number of H-pyrrole nitrogens is 1. The number of phenolic OH excluding ortho intramolecular Hbond substituents is 1. The van der Waals surface area contributed by atoms with Crippen LogP contribution in [-0.4, -0.2) is 21.1 Å². The number of aromatic hydroxyl groups is 1. The van der Waals surface area contributed by atoms with E-state index in [-0.39, 0.29) is 5.75 Å². The number of para-hydroxylation sites is 1. The molecule has 0 aliphatic heterocycles. The Hall–Kier alpha value is -3.06. The van der Waals surface area contributed by atoms with Gasteiger partial charge in [-0.05, 0) is 30.3 Å². The number of nitrogens with two attached hydrogens (primary N) is 2. The van der Waals surface area contributed by atoms with Gasteiger partial charge in [-0.3, -0.25) is 5.10 Å². The number of aromatic nitrogens is 2. The van der Waals surface area contributed by atoms with Crippen molar-refractivity contribution in [3.05, 3.63) is 48.0 Å². The van der Waals surface area contributed by atoms with Crippen molar-refractivity contribution in [3.8, 4) is 17.0 Å². The second-order valence-electron chi connectivity index (χ2n) is 4.47. The highest BCUT2D eigenvalue weighted by Gasteiger charge is 2.13. The Labute approximate surface area is 120 Å². The molecule has 0 amide bonds. The number of benzene rings is 2. The molecule has 0 radical (unpaired) electrons. The van der Waals surface area contributed by atoms with Crippen LogP contribution in [-0.2, 0) is 0 Å². The van der Waals surface area contributed by atoms with E-state index < -0.39 is 0 Å². The van der Waals surface area contributed by atoms with Crippen molar-refractivity contribution in [1.29, 1.82) is 0 Å². The van der Waals surface area contributed by atoms with Gasteiger partial charge in [-0.1, -0.05) is 12.1 Å². The lowest BCUT2D eigenvalue weighted by Crippen LogP contribution is -2.31. The summed E-state index contributed by atoms with van der Waals surface area (Å²) in [6, 6.07) is 12.5. The molecule has 0 aliphatic rings. The third-order valence-electron chi connectivity index (χ3n) is 3.26. The summed E-state index contributed by atoms with van der Waals surface area (Å²) in [5.41, 5.74) is 5.30. The first-order valence-corrected chi connectivity index (χ1v) is 6.26. The fourth-order valence-corrected chi connectivity index (χ4v) is 2.24. The van der Waals surface area contributed by atoms with Crippen molar-refractivity contribution in [2.75, 3.05) is 0 Å². The number of nitrogens with one attached hydrogen (secondary N) is 2. The van der Waals surface area contributed by atoms with E-state index in [9.17, 15) is 5.11 Å². The Morgan fingerprint density at radius 1 is 1.24 bits per heavy atom. The van der Waals surface area contributed by atoms with Crippen LogP contribution in [0.25, 0.3) is 22.2 Å². The molecule has 106 valence electrons. The second-order valence-corrected chi connectivity index (χ2v) is 4.47. The van der Waals surface area contributed by atoms with Gasteiger partial charge in [0, 0.05) is 16.5 Å². The molecule has 3 aromatic rings. The van der Waals surface area contributed by atoms with Gasteiger partial charge >= 0.3 is 0 Å². The zero-order valence-corrected chi connectivity index (χ0v) is 11.0. The molecule has 0 saturated heterocycles. The molecule has 7 N–H and O–H groups in total. The maximum absolute atomic E-state index is 9.98. The number of rotatable bonds is 2. The van der Waals surface area contributed by atoms with Crippen LogP contribution in [0.2, 0.25) is 0 Å². The summed E-state index contributed by atoms with van der Waals surface area (Å²) in [4.78, 5) is 0. The number of fused-ring (bicyclic) bond motifs is 1. The molecule has 21 heavy (non-hydrogen) atoms. The summed E-state index contributed by atoms with van der Waals surface area (Å²) >= 11 is 0. The minimum absolute atomic E-state index is 0.168. The van der Waals surface area contributed by atoms with Crippen molar-refractivity contribution < 1.29 is 5.11 Å². The third-order valence-corrected chi connectivity index (χ3v) is 3.26. The van der Waals surface area contributed by atoms with Crippen LogP contribution in [0.15, 0.2) is 47.6 Å². The summed E-state index contributed by atoms with van der Waals surface area (Å²) in [5, 5.41) is 21.6. The van der Waals surface area contributed by atoms with E-state index >= 15 is 0 Å². The molecule has 1 aromatic heterocycles. The van der Waals surface area contributed by atoms with Gasteiger partial charge in [-0.25, -0.2) is 5.84 Å². The van der Waals surface area contributed by atoms with Gasteiger partial charge in [-0.2, -0.15) is 10.2 Å². The molecule has 0 saturated carbocycles. The first-order chi connectivity index (χ1) is 10.2. The lowest BCUT2D eigenvalue weighted by atomic mass is 10.0. The highest BCUT2D eigenvalue weighted by atomic mass is 16.3. The van der Waals surface area contributed by atoms with Crippen LogP contribution < -0.4 is 17.1 Å². The van der Waals surface area contributed by atoms with Crippen LogP contribution in [0.4, 0.5) is 0 Å². The van der Waals surface area contributed by atoms with Gasteiger partial charge in [0.25, 0.3) is 0 Å². The van der Waals surface area contributed by atoms with Gasteiger partial charge in [0.05, 0.1) is 5.52 Å². The van der Waals surface area contributed by atoms with E-state index in [1.807, 2.05) is 24.3 Å². The Bertz CT molecular complexity index is 823. The Kier molecular flexibility index (Phi) is 3.17. The molecule has 7 heteroatoms. The Balaban J connectivity index is 2.21. The molecular weight excluding hydrogens is 268 g/mol. The molecule has 0 aliphatic carbocycles. The zero-order valence-electron chi connectivity index (χ0n) is 11.0. The summed E-state index contributed by atoms with van der Waals surface area (Å²) in [7, 11) is 0. The summed E-state index contributed by atoms with van der Waals surface area (Å²) < 4.78 is 0. The number of hydrazine groups is 1. The topological polar surface area (TPSA) is 125 Å². The van der Waals surface area contributed by atoms with Gasteiger partial charge in [0.15, 0.2) is 5.84 Å². The smallest absolute Gasteiger partial charge is 0.166 e. The number of phenols is 1. The molecule has 0 unspecified atom stereocenters. The predicted octanol–water partition coefficient (Wildman–Crippen LogP) is 1.02. The Morgan fingerprint density at radius 3 is 2.76 bits per heavy atom. The largest absolute Gasteiger partial charge is 0.507 e. The third kappa shape index (κ3) is 2.15. The van der Waals surface area contributed by atoms with Crippen molar-refractivity contribution in [2.45, 2.75) is 0 Å². The maximum atomic E-state index is 9.98. The molecular formula is C14H14N6O. The second kappa shape index (κ2) is 5.14. The lowest BCUT2D eigenvalue weighted by Gasteiger charge is -2.05. The highest BCUT2D eigenvalue weighted by Crippen LogP contribution is 2.32. The van der Waals surface area contributed by atoms with Gasteiger partial charge in [0.2, 0.25) is 0 Å². The van der Waals surface area contributed by atoms with Crippen molar-refractivity contribution in [3.63, 3.8) is 0 Å². The Morgan fingerprint density at radius 2 is 2.05 bits per heavy atom. The average molecular weight is 282 g/mol. The number of hydrogen-bond acceptors (Lipinski definition) is 5. The SMILES string of the molecule is N/N=C(\NN)c1ccc2[nH]nc(-c3ccccc3O)c2c1. The molecule has 0 atom stereocenters. The quantitative estimate of drug-likeness (QED) is 0.208. The van der Waals surface area contributed by atoms with E-state index in [2.05, 4.69) is 20.7 Å². The molecule has 2 aromatic carbocycles. The molecule has 3 rings (SSSR count). The lowest BCUT2D eigenvalue weighted by molar-refractivity contribution is 0.477. The first-order valence-electron chi connectivity index (χ1n) is 6.26. The minimum Gasteiger partial charge on any atom is -0.507 e. The predicted molar refractivity (Wildman–Crippen MR) is 81.2 cm³/mol. The van der Waals surface area contributed by atoms with Crippen LogP contribution in [0.1, 0.15) is 5.56 Å². The number of nitrogens with zero attached hydrogens (tertiary/aromatic N) is 2. The van der Waals surface area contributed by atoms with E-state index in [0.717, 1.165) is 16.5 Å². The summed E-state index contributed by atoms with van der Waals surface area (Å²) in [6.45, 7) is 0. The van der Waals surface area contributed by atoms with Crippen LogP contribution >= 0.6 is 0 Å². The standard InChI is InChI=1S/C14H14N6O/c15-17-14(18-16)8-5-6-11-10(7-8)13(20-19-11)9-3-1-2-4-12(9)21/h1-7,21H,15-16H2,(H,17,18)(H,19,20). The van der Waals surface area contributed by atoms with Crippen LogP contribution in [0.5, 0.6) is 5.75 Å². The molecule has 1 heterocycles. The van der Waals surface area contributed by atoms with E-state index in [1.54, 1.807) is 18.2 Å². The van der Waals surface area contributed by atoms with Gasteiger partial charge < -0.3 is 16.4 Å². The minimum atomic E-state index is 0.168. The monoisotopic (exact) mass is 282 g/mol. The van der Waals surface area contributed by atoms with Crippen LogP contribution in [0.3, 0.4) is 0 Å². The van der Waals surface area contributed by atoms with Crippen molar-refractivity contribution in [1.82, 2.24) is 15.6 Å². The number of amidine groups is 1. The van der Waals surface area contributed by atoms with Gasteiger partial charge in [0.1, 0.15) is 11.4 Å². The number of aromatic amines is 1. The fraction of sp³-hybridized carbons (Fsp3) is 0. The van der Waals surface area contributed by atoms with Crippen LogP contribution in [0, 0.1) is 0 Å².